The minimum absolute atomic E-state index is 0.135. The third-order valence-corrected chi connectivity index (χ3v) is 6.01. The van der Waals surface area contributed by atoms with E-state index < -0.39 is 0 Å². The molecule has 2 rings (SSSR count). The maximum Gasteiger partial charge on any atom is 0.147 e. The monoisotopic (exact) mass is 392 g/mol. The second-order valence-electron chi connectivity index (χ2n) is 8.41. The number of benzene rings is 2. The lowest BCUT2D eigenvalue weighted by Gasteiger charge is -2.24. The van der Waals surface area contributed by atoms with E-state index in [1.807, 2.05) is 12.1 Å². The molecule has 0 fully saturated rings. The highest BCUT2D eigenvalue weighted by atomic mass is 16.1. The SMILES string of the molecule is CCCCCCCC(CCCCCC)C(=O)C(c1ccccc1)c1ccccc1. The molecule has 0 aliphatic carbocycles. The van der Waals surface area contributed by atoms with Gasteiger partial charge in [0.05, 0.1) is 5.92 Å². The molecule has 0 amide bonds. The summed E-state index contributed by atoms with van der Waals surface area (Å²) in [5, 5.41) is 0. The van der Waals surface area contributed by atoms with E-state index in [4.69, 9.17) is 0 Å². The van der Waals surface area contributed by atoms with Crippen molar-refractivity contribution in [2.45, 2.75) is 90.4 Å². The minimum atomic E-state index is -0.135. The van der Waals surface area contributed by atoms with Crippen LogP contribution in [0.25, 0.3) is 0 Å². The largest absolute Gasteiger partial charge is 0.298 e. The van der Waals surface area contributed by atoms with Crippen LogP contribution in [0.4, 0.5) is 0 Å². The van der Waals surface area contributed by atoms with E-state index in [0.29, 0.717) is 5.78 Å². The summed E-state index contributed by atoms with van der Waals surface area (Å²) in [5.41, 5.74) is 2.27. The Morgan fingerprint density at radius 2 is 1.03 bits per heavy atom. The molecule has 0 bridgehead atoms. The standard InChI is InChI=1S/C28H40O/c1-3-5-7-9-13-23-26(22-12-8-6-4-2)28(29)27(24-18-14-10-15-19-24)25-20-16-11-17-21-25/h10-11,14-21,26-27H,3-9,12-13,22-23H2,1-2H3. The molecule has 0 N–H and O–H groups in total. The molecule has 0 radical (unpaired) electrons. The van der Waals surface area contributed by atoms with E-state index in [-0.39, 0.29) is 11.8 Å². The molecule has 0 aliphatic rings. The van der Waals surface area contributed by atoms with Gasteiger partial charge in [-0.2, -0.15) is 0 Å². The van der Waals surface area contributed by atoms with Crippen molar-refractivity contribution in [1.29, 1.82) is 0 Å². The van der Waals surface area contributed by atoms with Crippen LogP contribution in [0, 0.1) is 5.92 Å². The maximum absolute atomic E-state index is 13.8. The average Bonchev–Trinajstić information content (AvgIpc) is 2.76. The number of unbranched alkanes of at least 4 members (excludes halogenated alkanes) is 7. The fraction of sp³-hybridized carbons (Fsp3) is 0.536. The molecule has 2 aromatic rings. The number of carbonyl (C=O) groups is 1. The molecule has 158 valence electrons. The molecule has 0 saturated carbocycles. The van der Waals surface area contributed by atoms with Gasteiger partial charge in [-0.05, 0) is 24.0 Å². The third-order valence-electron chi connectivity index (χ3n) is 6.01. The van der Waals surface area contributed by atoms with Gasteiger partial charge in [0.15, 0.2) is 0 Å². The van der Waals surface area contributed by atoms with Crippen LogP contribution in [0.2, 0.25) is 0 Å². The molecule has 1 atom stereocenters. The van der Waals surface area contributed by atoms with Crippen molar-refractivity contribution in [3.05, 3.63) is 71.8 Å². The first-order valence-corrected chi connectivity index (χ1v) is 11.9. The Morgan fingerprint density at radius 1 is 0.621 bits per heavy atom. The summed E-state index contributed by atoms with van der Waals surface area (Å²) < 4.78 is 0. The number of hydrogen-bond donors (Lipinski definition) is 0. The molecule has 1 heteroatoms. The molecule has 0 spiro atoms. The van der Waals surface area contributed by atoms with Crippen LogP contribution >= 0.6 is 0 Å². The molecule has 0 aromatic heterocycles. The Balaban J connectivity index is 2.16. The molecule has 29 heavy (non-hydrogen) atoms. The summed E-state index contributed by atoms with van der Waals surface area (Å²) >= 11 is 0. The van der Waals surface area contributed by atoms with Crippen LogP contribution in [-0.4, -0.2) is 5.78 Å². The van der Waals surface area contributed by atoms with E-state index in [0.717, 1.165) is 24.0 Å². The van der Waals surface area contributed by atoms with Crippen LogP contribution in [0.3, 0.4) is 0 Å². The van der Waals surface area contributed by atoms with E-state index in [2.05, 4.69) is 62.4 Å². The summed E-state index contributed by atoms with van der Waals surface area (Å²) in [6, 6.07) is 20.8. The first-order valence-electron chi connectivity index (χ1n) is 11.9. The Bertz CT molecular complexity index is 622. The number of Topliss-reactive ketones (excluding diaryl/α,β-unsaturated/α-hetero) is 1. The second-order valence-corrected chi connectivity index (χ2v) is 8.41. The fourth-order valence-corrected chi connectivity index (χ4v) is 4.29. The van der Waals surface area contributed by atoms with Crippen molar-refractivity contribution in [3.8, 4) is 0 Å². The van der Waals surface area contributed by atoms with Gasteiger partial charge >= 0.3 is 0 Å². The van der Waals surface area contributed by atoms with Gasteiger partial charge in [-0.3, -0.25) is 4.79 Å². The van der Waals surface area contributed by atoms with Crippen LogP contribution in [0.1, 0.15) is 102 Å². The normalized spacial score (nSPS) is 12.2. The van der Waals surface area contributed by atoms with Crippen molar-refractivity contribution in [3.63, 3.8) is 0 Å². The Kier molecular flexibility index (Phi) is 11.4. The van der Waals surface area contributed by atoms with Gasteiger partial charge in [0.2, 0.25) is 0 Å². The summed E-state index contributed by atoms with van der Waals surface area (Å²) in [7, 11) is 0. The topological polar surface area (TPSA) is 17.1 Å². The lowest BCUT2D eigenvalue weighted by Crippen LogP contribution is -2.23. The molecule has 2 aromatic carbocycles. The number of carbonyl (C=O) groups excluding carboxylic acids is 1. The van der Waals surface area contributed by atoms with Crippen molar-refractivity contribution in [1.82, 2.24) is 0 Å². The smallest absolute Gasteiger partial charge is 0.147 e. The van der Waals surface area contributed by atoms with Crippen LogP contribution in [0.5, 0.6) is 0 Å². The summed E-state index contributed by atoms with van der Waals surface area (Å²) in [4.78, 5) is 13.8. The van der Waals surface area contributed by atoms with Gasteiger partial charge in [-0.25, -0.2) is 0 Å². The Hall–Kier alpha value is -1.89. The molecular formula is C28H40O. The van der Waals surface area contributed by atoms with Gasteiger partial charge in [0.1, 0.15) is 5.78 Å². The quantitative estimate of drug-likeness (QED) is 0.278. The Morgan fingerprint density at radius 3 is 1.48 bits per heavy atom. The van der Waals surface area contributed by atoms with Crippen LogP contribution < -0.4 is 0 Å². The highest BCUT2D eigenvalue weighted by molar-refractivity contribution is 5.91. The van der Waals surface area contributed by atoms with Crippen LogP contribution in [-0.2, 0) is 4.79 Å². The van der Waals surface area contributed by atoms with Crippen molar-refractivity contribution >= 4 is 5.78 Å². The highest BCUT2D eigenvalue weighted by Crippen LogP contribution is 2.32. The number of hydrogen-bond acceptors (Lipinski definition) is 1. The van der Waals surface area contributed by atoms with Gasteiger partial charge in [-0.1, -0.05) is 132 Å². The summed E-state index contributed by atoms with van der Waals surface area (Å²) in [5.74, 6) is 0.470. The average molecular weight is 393 g/mol. The Labute approximate surface area is 178 Å². The number of rotatable bonds is 15. The molecular weight excluding hydrogens is 352 g/mol. The highest BCUT2D eigenvalue weighted by Gasteiger charge is 2.28. The zero-order chi connectivity index (χ0) is 20.7. The van der Waals surface area contributed by atoms with Crippen molar-refractivity contribution < 1.29 is 4.79 Å². The zero-order valence-electron chi connectivity index (χ0n) is 18.6. The molecule has 1 unspecified atom stereocenters. The van der Waals surface area contributed by atoms with Gasteiger partial charge in [-0.15, -0.1) is 0 Å². The first-order chi connectivity index (χ1) is 14.3. The second kappa shape index (κ2) is 14.1. The third kappa shape index (κ3) is 8.17. The van der Waals surface area contributed by atoms with Gasteiger partial charge in [0.25, 0.3) is 0 Å². The lowest BCUT2D eigenvalue weighted by molar-refractivity contribution is -0.124. The van der Waals surface area contributed by atoms with Crippen molar-refractivity contribution in [2.24, 2.45) is 5.92 Å². The zero-order valence-corrected chi connectivity index (χ0v) is 18.6. The molecule has 1 nitrogen and oxygen atoms in total. The molecule has 0 saturated heterocycles. The van der Waals surface area contributed by atoms with Crippen molar-refractivity contribution in [2.75, 3.05) is 0 Å². The maximum atomic E-state index is 13.8. The first kappa shape index (κ1) is 23.4. The minimum Gasteiger partial charge on any atom is -0.298 e. The summed E-state index contributed by atoms with van der Waals surface area (Å²) in [6.07, 6.45) is 13.3. The molecule has 0 aliphatic heterocycles. The number of ketones is 1. The van der Waals surface area contributed by atoms with Crippen LogP contribution in [0.15, 0.2) is 60.7 Å². The van der Waals surface area contributed by atoms with E-state index in [1.165, 1.54) is 57.8 Å². The van der Waals surface area contributed by atoms with E-state index in [9.17, 15) is 4.79 Å². The van der Waals surface area contributed by atoms with E-state index >= 15 is 0 Å². The molecule has 0 heterocycles. The summed E-state index contributed by atoms with van der Waals surface area (Å²) in [6.45, 7) is 4.50. The predicted octanol–water partition coefficient (Wildman–Crippen LogP) is 8.33. The van der Waals surface area contributed by atoms with E-state index in [1.54, 1.807) is 0 Å². The van der Waals surface area contributed by atoms with Gasteiger partial charge in [0, 0.05) is 5.92 Å². The fourth-order valence-electron chi connectivity index (χ4n) is 4.29. The van der Waals surface area contributed by atoms with Gasteiger partial charge < -0.3 is 0 Å². The predicted molar refractivity (Wildman–Crippen MR) is 125 cm³/mol. The lowest BCUT2D eigenvalue weighted by atomic mass is 9.79.